The fourth-order valence-corrected chi connectivity index (χ4v) is 2.38. The molecule has 2 rings (SSSR count). The standard InChI is InChI=1S/C15H27NO3/c1-4-11(3)19-10-15(12-6-7-12,14(17)18-5-2)16-13-8-9-13/h11-13,16H,4-10H2,1-3H3. The molecular formula is C15H27NO3. The normalized spacial score (nSPS) is 23.7. The van der Waals surface area contributed by atoms with E-state index in [1.54, 1.807) is 0 Å². The van der Waals surface area contributed by atoms with E-state index in [9.17, 15) is 4.79 Å². The van der Waals surface area contributed by atoms with E-state index < -0.39 is 5.54 Å². The lowest BCUT2D eigenvalue weighted by molar-refractivity contribution is -0.157. The molecule has 2 saturated carbocycles. The van der Waals surface area contributed by atoms with Gasteiger partial charge in [0.1, 0.15) is 5.54 Å². The molecule has 0 amide bonds. The molecule has 0 heterocycles. The summed E-state index contributed by atoms with van der Waals surface area (Å²) in [5.74, 6) is 0.268. The van der Waals surface area contributed by atoms with Crippen molar-refractivity contribution in [2.75, 3.05) is 13.2 Å². The van der Waals surface area contributed by atoms with Crippen molar-refractivity contribution in [3.63, 3.8) is 0 Å². The van der Waals surface area contributed by atoms with Crippen LogP contribution < -0.4 is 5.32 Å². The van der Waals surface area contributed by atoms with Gasteiger partial charge >= 0.3 is 5.97 Å². The Bertz CT molecular complexity index is 313. The van der Waals surface area contributed by atoms with Gasteiger partial charge in [0.25, 0.3) is 0 Å². The fourth-order valence-electron chi connectivity index (χ4n) is 2.38. The molecule has 0 aromatic heterocycles. The average Bonchev–Trinajstić information content (AvgIpc) is 3.27. The largest absolute Gasteiger partial charge is 0.465 e. The Kier molecular flexibility index (Phi) is 4.85. The highest BCUT2D eigenvalue weighted by Gasteiger charge is 2.54. The number of hydrogen-bond acceptors (Lipinski definition) is 4. The van der Waals surface area contributed by atoms with Crippen LogP contribution in [0.15, 0.2) is 0 Å². The number of carbonyl (C=O) groups excluding carboxylic acids is 1. The van der Waals surface area contributed by atoms with Gasteiger partial charge in [-0.05, 0) is 51.9 Å². The van der Waals surface area contributed by atoms with Crippen molar-refractivity contribution in [2.24, 2.45) is 5.92 Å². The molecule has 0 aromatic rings. The van der Waals surface area contributed by atoms with Gasteiger partial charge in [0.15, 0.2) is 0 Å². The zero-order valence-electron chi connectivity index (χ0n) is 12.4. The molecule has 2 unspecified atom stereocenters. The van der Waals surface area contributed by atoms with Crippen molar-refractivity contribution >= 4 is 5.97 Å². The summed E-state index contributed by atoms with van der Waals surface area (Å²) in [7, 11) is 0. The summed E-state index contributed by atoms with van der Waals surface area (Å²) >= 11 is 0. The van der Waals surface area contributed by atoms with Gasteiger partial charge in [0, 0.05) is 6.04 Å². The van der Waals surface area contributed by atoms with Crippen LogP contribution in [0.3, 0.4) is 0 Å². The number of rotatable bonds is 9. The molecule has 0 aliphatic heterocycles. The summed E-state index contributed by atoms with van der Waals surface area (Å²) in [6.45, 7) is 6.90. The number of hydrogen-bond donors (Lipinski definition) is 1. The van der Waals surface area contributed by atoms with Crippen LogP contribution in [0.4, 0.5) is 0 Å². The Morgan fingerprint density at radius 1 is 1.32 bits per heavy atom. The van der Waals surface area contributed by atoms with E-state index in [0.29, 0.717) is 25.2 Å². The second-order valence-corrected chi connectivity index (χ2v) is 5.91. The Labute approximate surface area is 116 Å². The first kappa shape index (κ1) is 14.8. The number of nitrogens with one attached hydrogen (secondary N) is 1. The monoisotopic (exact) mass is 269 g/mol. The highest BCUT2D eigenvalue weighted by molar-refractivity contribution is 5.82. The topological polar surface area (TPSA) is 47.6 Å². The number of esters is 1. The molecule has 0 bridgehead atoms. The third kappa shape index (κ3) is 3.69. The van der Waals surface area contributed by atoms with Crippen molar-refractivity contribution in [1.29, 1.82) is 0 Å². The van der Waals surface area contributed by atoms with Crippen LogP contribution in [0.2, 0.25) is 0 Å². The lowest BCUT2D eigenvalue weighted by Gasteiger charge is -2.33. The van der Waals surface area contributed by atoms with Gasteiger partial charge in [-0.1, -0.05) is 6.92 Å². The van der Waals surface area contributed by atoms with Crippen LogP contribution in [-0.4, -0.2) is 36.9 Å². The van der Waals surface area contributed by atoms with Gasteiger partial charge in [-0.15, -0.1) is 0 Å². The lowest BCUT2D eigenvalue weighted by atomic mass is 9.93. The summed E-state index contributed by atoms with van der Waals surface area (Å²) in [6.07, 6.45) is 5.68. The number of carbonyl (C=O) groups is 1. The van der Waals surface area contributed by atoms with Gasteiger partial charge < -0.3 is 9.47 Å². The highest BCUT2D eigenvalue weighted by Crippen LogP contribution is 2.42. The maximum Gasteiger partial charge on any atom is 0.329 e. The van der Waals surface area contributed by atoms with Crippen molar-refractivity contribution in [3.05, 3.63) is 0 Å². The Balaban J connectivity index is 2.05. The molecule has 2 aliphatic rings. The van der Waals surface area contributed by atoms with Crippen LogP contribution in [0.1, 0.15) is 52.9 Å². The van der Waals surface area contributed by atoms with Gasteiger partial charge in [-0.25, -0.2) is 4.79 Å². The third-order valence-electron chi connectivity index (χ3n) is 4.12. The highest BCUT2D eigenvalue weighted by atomic mass is 16.5. The quantitative estimate of drug-likeness (QED) is 0.652. The molecule has 0 aromatic carbocycles. The summed E-state index contributed by atoms with van der Waals surface area (Å²) in [4.78, 5) is 12.4. The van der Waals surface area contributed by atoms with Gasteiger partial charge in [0.2, 0.25) is 0 Å². The first-order valence-electron chi connectivity index (χ1n) is 7.69. The summed E-state index contributed by atoms with van der Waals surface area (Å²) in [6, 6.07) is 0.477. The first-order valence-corrected chi connectivity index (χ1v) is 7.69. The molecule has 1 N–H and O–H groups in total. The smallest absolute Gasteiger partial charge is 0.329 e. The summed E-state index contributed by atoms with van der Waals surface area (Å²) in [5, 5.41) is 3.53. The number of ether oxygens (including phenoxy) is 2. The fraction of sp³-hybridized carbons (Fsp3) is 0.933. The van der Waals surface area contributed by atoms with E-state index in [4.69, 9.17) is 9.47 Å². The summed E-state index contributed by atoms with van der Waals surface area (Å²) < 4.78 is 11.2. The molecule has 0 saturated heterocycles. The lowest BCUT2D eigenvalue weighted by Crippen LogP contribution is -2.59. The van der Waals surface area contributed by atoms with Crippen molar-refractivity contribution in [2.45, 2.75) is 70.6 Å². The van der Waals surface area contributed by atoms with E-state index in [-0.39, 0.29) is 12.1 Å². The van der Waals surface area contributed by atoms with Crippen LogP contribution in [-0.2, 0) is 14.3 Å². The maximum absolute atomic E-state index is 12.4. The van der Waals surface area contributed by atoms with Gasteiger partial charge in [-0.2, -0.15) is 0 Å². The SMILES string of the molecule is CCOC(=O)C(COC(C)CC)(NC1CC1)C1CC1. The van der Waals surface area contributed by atoms with E-state index >= 15 is 0 Å². The first-order chi connectivity index (χ1) is 9.12. The van der Waals surface area contributed by atoms with Crippen molar-refractivity contribution in [1.82, 2.24) is 5.32 Å². The predicted molar refractivity (Wildman–Crippen MR) is 74.0 cm³/mol. The minimum absolute atomic E-state index is 0.118. The zero-order chi connectivity index (χ0) is 13.9. The Hall–Kier alpha value is -0.610. The van der Waals surface area contributed by atoms with Crippen LogP contribution in [0.25, 0.3) is 0 Å². The Morgan fingerprint density at radius 3 is 2.47 bits per heavy atom. The van der Waals surface area contributed by atoms with Gasteiger partial charge in [0.05, 0.1) is 19.3 Å². The van der Waals surface area contributed by atoms with E-state index in [0.717, 1.165) is 32.1 Å². The van der Waals surface area contributed by atoms with E-state index in [1.165, 1.54) is 0 Å². The minimum atomic E-state index is -0.597. The van der Waals surface area contributed by atoms with E-state index in [2.05, 4.69) is 19.2 Å². The van der Waals surface area contributed by atoms with Crippen LogP contribution in [0, 0.1) is 5.92 Å². The average molecular weight is 269 g/mol. The molecule has 0 radical (unpaired) electrons. The van der Waals surface area contributed by atoms with Gasteiger partial charge in [-0.3, -0.25) is 5.32 Å². The minimum Gasteiger partial charge on any atom is -0.465 e. The second kappa shape index (κ2) is 6.23. The molecule has 2 aliphatic carbocycles. The van der Waals surface area contributed by atoms with Crippen molar-refractivity contribution in [3.8, 4) is 0 Å². The van der Waals surface area contributed by atoms with Crippen molar-refractivity contribution < 1.29 is 14.3 Å². The molecule has 4 heteroatoms. The Morgan fingerprint density at radius 2 is 2.00 bits per heavy atom. The maximum atomic E-state index is 12.4. The molecule has 2 fully saturated rings. The molecular weight excluding hydrogens is 242 g/mol. The predicted octanol–water partition coefficient (Wildman–Crippen LogP) is 2.27. The molecule has 19 heavy (non-hydrogen) atoms. The molecule has 0 spiro atoms. The zero-order valence-corrected chi connectivity index (χ0v) is 12.4. The van der Waals surface area contributed by atoms with E-state index in [1.807, 2.05) is 6.92 Å². The molecule has 110 valence electrons. The molecule has 4 nitrogen and oxygen atoms in total. The summed E-state index contributed by atoms with van der Waals surface area (Å²) in [5.41, 5.74) is -0.597. The second-order valence-electron chi connectivity index (χ2n) is 5.91. The molecule has 2 atom stereocenters. The third-order valence-corrected chi connectivity index (χ3v) is 4.12. The van der Waals surface area contributed by atoms with Crippen LogP contribution >= 0.6 is 0 Å². The van der Waals surface area contributed by atoms with Crippen LogP contribution in [0.5, 0.6) is 0 Å².